The number of nitrogen functional groups attached to an aromatic ring is 1. The molecule has 0 aliphatic carbocycles. The van der Waals surface area contributed by atoms with Crippen LogP contribution in [0.4, 0.5) is 15.8 Å². The van der Waals surface area contributed by atoms with Crippen molar-refractivity contribution in [1.29, 1.82) is 0 Å². The van der Waals surface area contributed by atoms with E-state index in [1.165, 1.54) is 6.07 Å². The Hall–Kier alpha value is -0.950. The second kappa shape index (κ2) is 5.81. The lowest BCUT2D eigenvalue weighted by molar-refractivity contribution is 0.579. The Morgan fingerprint density at radius 2 is 2.20 bits per heavy atom. The highest BCUT2D eigenvalue weighted by Gasteiger charge is 2.34. The predicted octanol–water partition coefficient (Wildman–Crippen LogP) is 2.03. The minimum atomic E-state index is -3.20. The number of thioether (sulfide) groups is 1. The van der Waals surface area contributed by atoms with Gasteiger partial charge in [0.05, 0.1) is 11.4 Å². The number of anilines is 2. The second-order valence-electron chi connectivity index (χ2n) is 4.83. The van der Waals surface area contributed by atoms with E-state index in [0.29, 0.717) is 23.5 Å². The quantitative estimate of drug-likeness (QED) is 0.864. The molecule has 0 amide bonds. The number of rotatable bonds is 3. The Labute approximate surface area is 123 Å². The van der Waals surface area contributed by atoms with Gasteiger partial charge in [-0.25, -0.2) is 12.8 Å². The van der Waals surface area contributed by atoms with Crippen molar-refractivity contribution in [3.8, 4) is 0 Å². The van der Waals surface area contributed by atoms with Crippen LogP contribution in [0.1, 0.15) is 12.5 Å². The van der Waals surface area contributed by atoms with E-state index in [-0.39, 0.29) is 17.3 Å². The van der Waals surface area contributed by atoms with Gasteiger partial charge in [0.15, 0.2) is 9.84 Å². The summed E-state index contributed by atoms with van der Waals surface area (Å²) in [6.45, 7) is 3.90. The highest BCUT2D eigenvalue weighted by atomic mass is 32.2. The van der Waals surface area contributed by atoms with Gasteiger partial charge in [-0.15, -0.1) is 0 Å². The van der Waals surface area contributed by atoms with E-state index in [0.717, 1.165) is 5.75 Å². The number of aryl methyl sites for hydroxylation is 1. The molecule has 2 N–H and O–H groups in total. The molecule has 0 bridgehead atoms. The summed E-state index contributed by atoms with van der Waals surface area (Å²) in [4.78, 5) is 1.80. The molecule has 0 aromatic heterocycles. The SMILES string of the molecule is CCS(=O)(=O)C1CSCCN1c1cc(C)c(F)cc1N. The summed E-state index contributed by atoms with van der Waals surface area (Å²) in [7, 11) is -3.20. The van der Waals surface area contributed by atoms with Crippen LogP contribution >= 0.6 is 11.8 Å². The zero-order valence-electron chi connectivity index (χ0n) is 11.6. The molecule has 1 aromatic rings. The molecule has 1 saturated heterocycles. The van der Waals surface area contributed by atoms with Gasteiger partial charge in [0, 0.05) is 23.8 Å². The molecule has 1 heterocycles. The van der Waals surface area contributed by atoms with Gasteiger partial charge in [0.25, 0.3) is 0 Å². The molecule has 7 heteroatoms. The van der Waals surface area contributed by atoms with Crippen LogP contribution in [-0.4, -0.2) is 37.6 Å². The van der Waals surface area contributed by atoms with Crippen LogP contribution in [0.5, 0.6) is 0 Å². The third-order valence-electron chi connectivity index (χ3n) is 3.52. The summed E-state index contributed by atoms with van der Waals surface area (Å²) in [5.74, 6) is 1.08. The summed E-state index contributed by atoms with van der Waals surface area (Å²) >= 11 is 1.62. The molecule has 1 aliphatic heterocycles. The summed E-state index contributed by atoms with van der Waals surface area (Å²) in [5.41, 5.74) is 7.26. The lowest BCUT2D eigenvalue weighted by Gasteiger charge is -2.37. The Morgan fingerprint density at radius 3 is 2.85 bits per heavy atom. The van der Waals surface area contributed by atoms with Gasteiger partial charge in [0.2, 0.25) is 0 Å². The number of hydrogen-bond acceptors (Lipinski definition) is 5. The maximum Gasteiger partial charge on any atom is 0.171 e. The van der Waals surface area contributed by atoms with E-state index in [1.807, 2.05) is 0 Å². The average molecular weight is 318 g/mol. The number of hydrogen-bond donors (Lipinski definition) is 1. The lowest BCUT2D eigenvalue weighted by atomic mass is 10.1. The maximum atomic E-state index is 13.5. The molecule has 0 spiro atoms. The molecule has 1 aliphatic rings. The molecule has 2 rings (SSSR count). The molecule has 0 saturated carbocycles. The standard InChI is InChI=1S/C13H19FN2O2S2/c1-3-20(17,18)13-8-19-5-4-16(13)12-6-9(2)10(14)7-11(12)15/h6-7,13H,3-5,8,15H2,1-2H3. The van der Waals surface area contributed by atoms with E-state index < -0.39 is 15.2 Å². The van der Waals surface area contributed by atoms with E-state index in [2.05, 4.69) is 0 Å². The molecular weight excluding hydrogens is 299 g/mol. The van der Waals surface area contributed by atoms with Gasteiger partial charge in [0.1, 0.15) is 11.2 Å². The van der Waals surface area contributed by atoms with E-state index in [4.69, 9.17) is 5.73 Å². The zero-order valence-corrected chi connectivity index (χ0v) is 13.2. The first-order valence-electron chi connectivity index (χ1n) is 6.48. The molecular formula is C13H19FN2O2S2. The highest BCUT2D eigenvalue weighted by molar-refractivity contribution is 8.01. The van der Waals surface area contributed by atoms with Crippen molar-refractivity contribution < 1.29 is 12.8 Å². The van der Waals surface area contributed by atoms with Gasteiger partial charge in [-0.3, -0.25) is 0 Å². The number of benzene rings is 1. The first-order valence-corrected chi connectivity index (χ1v) is 9.35. The van der Waals surface area contributed by atoms with Crippen molar-refractivity contribution in [3.05, 3.63) is 23.5 Å². The van der Waals surface area contributed by atoms with Gasteiger partial charge < -0.3 is 10.6 Å². The Kier molecular flexibility index (Phi) is 4.49. The van der Waals surface area contributed by atoms with Crippen molar-refractivity contribution in [2.75, 3.05) is 34.4 Å². The number of sulfone groups is 1. The van der Waals surface area contributed by atoms with Crippen molar-refractivity contribution in [1.82, 2.24) is 0 Å². The molecule has 1 unspecified atom stereocenters. The van der Waals surface area contributed by atoms with Crippen LogP contribution in [-0.2, 0) is 9.84 Å². The first-order chi connectivity index (χ1) is 9.36. The van der Waals surface area contributed by atoms with Crippen LogP contribution < -0.4 is 10.6 Å². The van der Waals surface area contributed by atoms with Gasteiger partial charge in [-0.1, -0.05) is 6.92 Å². The number of nitrogens with two attached hydrogens (primary N) is 1. The lowest BCUT2D eigenvalue weighted by Crippen LogP contribution is -2.48. The van der Waals surface area contributed by atoms with Gasteiger partial charge in [-0.2, -0.15) is 11.8 Å². The predicted molar refractivity (Wildman–Crippen MR) is 83.5 cm³/mol. The molecule has 0 radical (unpaired) electrons. The fourth-order valence-electron chi connectivity index (χ4n) is 2.28. The summed E-state index contributed by atoms with van der Waals surface area (Å²) in [6, 6.07) is 2.90. The maximum absolute atomic E-state index is 13.5. The summed E-state index contributed by atoms with van der Waals surface area (Å²) in [5, 5.41) is -0.585. The van der Waals surface area contributed by atoms with Crippen molar-refractivity contribution >= 4 is 33.0 Å². The fraction of sp³-hybridized carbons (Fsp3) is 0.538. The minimum Gasteiger partial charge on any atom is -0.397 e. The molecule has 112 valence electrons. The first kappa shape index (κ1) is 15.4. The smallest absolute Gasteiger partial charge is 0.171 e. The van der Waals surface area contributed by atoms with Crippen molar-refractivity contribution in [2.45, 2.75) is 19.2 Å². The summed E-state index contributed by atoms with van der Waals surface area (Å²) < 4.78 is 38.0. The van der Waals surface area contributed by atoms with Gasteiger partial charge >= 0.3 is 0 Å². The highest BCUT2D eigenvalue weighted by Crippen LogP contribution is 2.33. The van der Waals surface area contributed by atoms with Crippen LogP contribution in [0, 0.1) is 12.7 Å². The number of nitrogens with zero attached hydrogens (tertiary/aromatic N) is 1. The summed E-state index contributed by atoms with van der Waals surface area (Å²) in [6.07, 6.45) is 0. The van der Waals surface area contributed by atoms with E-state index in [1.54, 1.807) is 36.6 Å². The molecule has 4 nitrogen and oxygen atoms in total. The second-order valence-corrected chi connectivity index (χ2v) is 8.43. The zero-order chi connectivity index (χ0) is 14.9. The van der Waals surface area contributed by atoms with Crippen LogP contribution in [0.15, 0.2) is 12.1 Å². The van der Waals surface area contributed by atoms with Crippen LogP contribution in [0.3, 0.4) is 0 Å². The van der Waals surface area contributed by atoms with Crippen molar-refractivity contribution in [3.63, 3.8) is 0 Å². The molecule has 1 fully saturated rings. The van der Waals surface area contributed by atoms with Crippen molar-refractivity contribution in [2.24, 2.45) is 0 Å². The third-order valence-corrected chi connectivity index (χ3v) is 6.81. The Morgan fingerprint density at radius 1 is 1.50 bits per heavy atom. The fourth-order valence-corrected chi connectivity index (χ4v) is 5.26. The Bertz CT molecular complexity index is 605. The van der Waals surface area contributed by atoms with Crippen LogP contribution in [0.2, 0.25) is 0 Å². The molecule has 1 atom stereocenters. The molecule has 20 heavy (non-hydrogen) atoms. The Balaban J connectivity index is 2.46. The average Bonchev–Trinajstić information content (AvgIpc) is 2.43. The van der Waals surface area contributed by atoms with Crippen LogP contribution in [0.25, 0.3) is 0 Å². The monoisotopic (exact) mass is 318 g/mol. The third kappa shape index (κ3) is 2.88. The van der Waals surface area contributed by atoms with E-state index >= 15 is 0 Å². The molecule has 1 aromatic carbocycles. The van der Waals surface area contributed by atoms with E-state index in [9.17, 15) is 12.8 Å². The van der Waals surface area contributed by atoms with Gasteiger partial charge in [-0.05, 0) is 24.6 Å². The number of halogens is 1. The topological polar surface area (TPSA) is 63.4 Å². The minimum absolute atomic E-state index is 0.0921. The largest absolute Gasteiger partial charge is 0.397 e. The normalized spacial score (nSPS) is 20.1.